The molecule has 0 aromatic heterocycles. The molecule has 0 saturated heterocycles. The van der Waals surface area contributed by atoms with Crippen molar-refractivity contribution in [1.29, 1.82) is 0 Å². The molecule has 1 unspecified atom stereocenters. The fourth-order valence-corrected chi connectivity index (χ4v) is 3.10. The van der Waals surface area contributed by atoms with E-state index in [-0.39, 0.29) is 0 Å². The largest absolute Gasteiger partial charge is 0.388 e. The lowest BCUT2D eigenvalue weighted by molar-refractivity contribution is 0.145. The van der Waals surface area contributed by atoms with E-state index in [0.717, 1.165) is 16.5 Å². The van der Waals surface area contributed by atoms with Crippen LogP contribution in [0.25, 0.3) is 0 Å². The molecule has 1 fully saturated rings. The van der Waals surface area contributed by atoms with Crippen LogP contribution in [0.15, 0.2) is 22.7 Å². The van der Waals surface area contributed by atoms with Crippen molar-refractivity contribution in [1.82, 2.24) is 0 Å². The first kappa shape index (κ1) is 12.4. The van der Waals surface area contributed by atoms with E-state index in [0.29, 0.717) is 10.9 Å². The summed E-state index contributed by atoms with van der Waals surface area (Å²) in [6.45, 7) is 0. The van der Waals surface area contributed by atoms with Crippen molar-refractivity contribution in [3.8, 4) is 0 Å². The zero-order chi connectivity index (χ0) is 11.5. The predicted octanol–water partition coefficient (Wildman–Crippen LogP) is 4.72. The van der Waals surface area contributed by atoms with Crippen molar-refractivity contribution < 1.29 is 5.11 Å². The van der Waals surface area contributed by atoms with Gasteiger partial charge in [-0.25, -0.2) is 0 Å². The summed E-state index contributed by atoms with van der Waals surface area (Å²) in [7, 11) is 0. The first-order chi connectivity index (χ1) is 7.68. The highest BCUT2D eigenvalue weighted by Crippen LogP contribution is 2.36. The summed E-state index contributed by atoms with van der Waals surface area (Å²) in [5, 5.41) is 10.8. The normalized spacial score (nSPS) is 18.9. The van der Waals surface area contributed by atoms with Crippen molar-refractivity contribution in [2.45, 2.75) is 38.2 Å². The number of benzene rings is 1. The molecule has 0 bridgehead atoms. The molecule has 1 aromatic carbocycles. The van der Waals surface area contributed by atoms with Crippen LogP contribution >= 0.6 is 27.5 Å². The Labute approximate surface area is 110 Å². The Morgan fingerprint density at radius 2 is 2.06 bits per heavy atom. The molecule has 88 valence electrons. The molecule has 1 atom stereocenters. The van der Waals surface area contributed by atoms with Crippen molar-refractivity contribution in [2.24, 2.45) is 5.92 Å². The lowest BCUT2D eigenvalue weighted by Gasteiger charge is -2.17. The van der Waals surface area contributed by atoms with Gasteiger partial charge >= 0.3 is 0 Å². The molecule has 1 aliphatic carbocycles. The van der Waals surface area contributed by atoms with Gasteiger partial charge < -0.3 is 5.11 Å². The zero-order valence-electron chi connectivity index (χ0n) is 9.13. The predicted molar refractivity (Wildman–Crippen MR) is 70.7 cm³/mol. The van der Waals surface area contributed by atoms with Gasteiger partial charge in [-0.3, -0.25) is 0 Å². The van der Waals surface area contributed by atoms with Crippen LogP contribution in [0.3, 0.4) is 0 Å². The number of hydrogen-bond acceptors (Lipinski definition) is 1. The van der Waals surface area contributed by atoms with Gasteiger partial charge in [0.15, 0.2) is 0 Å². The molecule has 0 aliphatic heterocycles. The molecule has 0 radical (unpaired) electrons. The summed E-state index contributed by atoms with van der Waals surface area (Å²) in [6, 6.07) is 5.73. The van der Waals surface area contributed by atoms with Crippen LogP contribution in [0.4, 0.5) is 0 Å². The molecule has 16 heavy (non-hydrogen) atoms. The van der Waals surface area contributed by atoms with E-state index < -0.39 is 6.10 Å². The molecule has 1 nitrogen and oxygen atoms in total. The minimum atomic E-state index is -0.423. The molecular formula is C13H16BrClO. The maximum absolute atomic E-state index is 10.2. The van der Waals surface area contributed by atoms with Gasteiger partial charge in [0.05, 0.1) is 11.1 Å². The molecule has 0 amide bonds. The van der Waals surface area contributed by atoms with E-state index in [4.69, 9.17) is 11.6 Å². The molecule has 1 aliphatic rings. The van der Waals surface area contributed by atoms with Crippen LogP contribution in [0.2, 0.25) is 5.02 Å². The Balaban J connectivity index is 2.07. The summed E-state index contributed by atoms with van der Waals surface area (Å²) >= 11 is 9.55. The second-order valence-electron chi connectivity index (χ2n) is 4.55. The smallest absolute Gasteiger partial charge is 0.0807 e. The maximum atomic E-state index is 10.2. The fraction of sp³-hybridized carbons (Fsp3) is 0.538. The lowest BCUT2D eigenvalue weighted by Crippen LogP contribution is -2.05. The third kappa shape index (κ3) is 2.79. The molecule has 1 aromatic rings. The summed E-state index contributed by atoms with van der Waals surface area (Å²) in [6.07, 6.45) is 5.54. The summed E-state index contributed by atoms with van der Waals surface area (Å²) < 4.78 is 0.858. The first-order valence-electron chi connectivity index (χ1n) is 5.80. The van der Waals surface area contributed by atoms with Gasteiger partial charge in [-0.1, -0.05) is 49.4 Å². The van der Waals surface area contributed by atoms with Gasteiger partial charge in [0.1, 0.15) is 0 Å². The highest BCUT2D eigenvalue weighted by molar-refractivity contribution is 9.10. The number of hydrogen-bond donors (Lipinski definition) is 1. The fourth-order valence-electron chi connectivity index (χ4n) is 2.47. The SMILES string of the molecule is OC(CC1CCCC1)c1cccc(Br)c1Cl. The molecule has 0 spiro atoms. The van der Waals surface area contributed by atoms with E-state index in [9.17, 15) is 5.11 Å². The Kier molecular flexibility index (Phi) is 4.28. The molecule has 0 heterocycles. The van der Waals surface area contributed by atoms with Crippen LogP contribution in [-0.2, 0) is 0 Å². The average molecular weight is 304 g/mol. The highest BCUT2D eigenvalue weighted by atomic mass is 79.9. The van der Waals surface area contributed by atoms with Crippen molar-refractivity contribution in [3.63, 3.8) is 0 Å². The number of rotatable bonds is 3. The van der Waals surface area contributed by atoms with Crippen LogP contribution in [-0.4, -0.2) is 5.11 Å². The van der Waals surface area contributed by atoms with E-state index in [1.165, 1.54) is 25.7 Å². The van der Waals surface area contributed by atoms with Crippen molar-refractivity contribution >= 4 is 27.5 Å². The summed E-state index contributed by atoms with van der Waals surface area (Å²) in [5.74, 6) is 0.671. The summed E-state index contributed by atoms with van der Waals surface area (Å²) in [4.78, 5) is 0. The van der Waals surface area contributed by atoms with Crippen LogP contribution in [0, 0.1) is 5.92 Å². The molecular weight excluding hydrogens is 287 g/mol. The number of halogens is 2. The van der Waals surface area contributed by atoms with Crippen LogP contribution < -0.4 is 0 Å². The van der Waals surface area contributed by atoms with Gasteiger partial charge in [0, 0.05) is 10.0 Å². The Hall–Kier alpha value is -0.0500. The monoisotopic (exact) mass is 302 g/mol. The lowest BCUT2D eigenvalue weighted by atomic mass is 9.96. The third-order valence-electron chi connectivity index (χ3n) is 3.37. The van der Waals surface area contributed by atoms with Gasteiger partial charge in [-0.15, -0.1) is 0 Å². The van der Waals surface area contributed by atoms with E-state index in [1.807, 2.05) is 18.2 Å². The van der Waals surface area contributed by atoms with Crippen LogP contribution in [0.1, 0.15) is 43.8 Å². The standard InChI is InChI=1S/C13H16BrClO/c14-11-7-3-6-10(13(11)15)12(16)8-9-4-1-2-5-9/h3,6-7,9,12,16H,1-2,4-5,8H2. The Bertz CT molecular complexity index is 361. The second kappa shape index (κ2) is 5.52. The van der Waals surface area contributed by atoms with Crippen LogP contribution in [0.5, 0.6) is 0 Å². The Morgan fingerprint density at radius 3 is 2.75 bits per heavy atom. The topological polar surface area (TPSA) is 20.2 Å². The molecule has 3 heteroatoms. The van der Waals surface area contributed by atoms with Gasteiger partial charge in [-0.2, -0.15) is 0 Å². The summed E-state index contributed by atoms with van der Waals surface area (Å²) in [5.41, 5.74) is 0.850. The average Bonchev–Trinajstić information content (AvgIpc) is 2.74. The van der Waals surface area contributed by atoms with Crippen molar-refractivity contribution in [3.05, 3.63) is 33.3 Å². The number of aliphatic hydroxyl groups excluding tert-OH is 1. The third-order valence-corrected chi connectivity index (χ3v) is 4.68. The first-order valence-corrected chi connectivity index (χ1v) is 6.97. The van der Waals surface area contributed by atoms with Gasteiger partial charge in [-0.05, 0) is 34.3 Å². The minimum absolute atomic E-state index is 0.423. The van der Waals surface area contributed by atoms with E-state index in [2.05, 4.69) is 15.9 Å². The zero-order valence-corrected chi connectivity index (χ0v) is 11.5. The molecule has 1 N–H and O–H groups in total. The van der Waals surface area contributed by atoms with Gasteiger partial charge in [0.25, 0.3) is 0 Å². The highest BCUT2D eigenvalue weighted by Gasteiger charge is 2.21. The van der Waals surface area contributed by atoms with Gasteiger partial charge in [0.2, 0.25) is 0 Å². The minimum Gasteiger partial charge on any atom is -0.388 e. The molecule has 2 rings (SSSR count). The number of aliphatic hydroxyl groups is 1. The maximum Gasteiger partial charge on any atom is 0.0807 e. The second-order valence-corrected chi connectivity index (χ2v) is 5.78. The van der Waals surface area contributed by atoms with E-state index in [1.54, 1.807) is 0 Å². The molecule has 1 saturated carbocycles. The van der Waals surface area contributed by atoms with E-state index >= 15 is 0 Å². The Morgan fingerprint density at radius 1 is 1.38 bits per heavy atom. The van der Waals surface area contributed by atoms with Crippen molar-refractivity contribution in [2.75, 3.05) is 0 Å². The quantitative estimate of drug-likeness (QED) is 0.857.